The Balaban J connectivity index is 1.42. The first-order valence-electron chi connectivity index (χ1n) is 10.9. The van der Waals surface area contributed by atoms with Crippen molar-refractivity contribution in [1.29, 1.82) is 0 Å². The zero-order valence-corrected chi connectivity index (χ0v) is 18.2. The van der Waals surface area contributed by atoms with Gasteiger partial charge in [0.2, 0.25) is 0 Å². The summed E-state index contributed by atoms with van der Waals surface area (Å²) in [6, 6.07) is 6.66. The van der Waals surface area contributed by atoms with Crippen LogP contribution in [0.25, 0.3) is 0 Å². The maximum atomic E-state index is 13.1. The van der Waals surface area contributed by atoms with Crippen LogP contribution in [0.4, 0.5) is 9.18 Å². The fourth-order valence-corrected chi connectivity index (χ4v) is 6.42. The van der Waals surface area contributed by atoms with Crippen molar-refractivity contribution in [3.8, 4) is 0 Å². The number of carboxylic acid groups (broad SMARTS) is 1. The zero-order valence-electron chi connectivity index (χ0n) is 17.4. The maximum Gasteiger partial charge on any atom is 0.511 e. The van der Waals surface area contributed by atoms with Gasteiger partial charge in [0.15, 0.2) is 5.76 Å². The van der Waals surface area contributed by atoms with Crippen molar-refractivity contribution in [1.82, 2.24) is 4.90 Å². The lowest BCUT2D eigenvalue weighted by atomic mass is 9.88. The second-order valence-corrected chi connectivity index (χ2v) is 10.0. The van der Waals surface area contributed by atoms with E-state index in [0.717, 1.165) is 47.7 Å². The van der Waals surface area contributed by atoms with Crippen LogP contribution in [0.15, 0.2) is 47.2 Å². The lowest BCUT2D eigenvalue weighted by Crippen LogP contribution is -2.33. The van der Waals surface area contributed by atoms with Crippen LogP contribution in [0.3, 0.4) is 0 Å². The Labute approximate surface area is 182 Å². The molecule has 4 rings (SSSR count). The second-order valence-electron chi connectivity index (χ2n) is 9.03. The molecule has 30 heavy (non-hydrogen) atoms. The summed E-state index contributed by atoms with van der Waals surface area (Å²) in [7, 11) is 0. The highest BCUT2D eigenvalue weighted by atomic mass is 32.2. The zero-order chi connectivity index (χ0) is 21.1. The molecule has 2 saturated carbocycles. The Hall–Kier alpha value is -1.95. The molecule has 4 unspecified atom stereocenters. The van der Waals surface area contributed by atoms with Crippen LogP contribution in [0.1, 0.15) is 38.2 Å². The van der Waals surface area contributed by atoms with E-state index in [4.69, 9.17) is 4.74 Å². The average molecular weight is 432 g/mol. The van der Waals surface area contributed by atoms with Crippen molar-refractivity contribution in [2.45, 2.75) is 39.0 Å². The van der Waals surface area contributed by atoms with Crippen molar-refractivity contribution < 1.29 is 19.0 Å². The molecule has 0 radical (unpaired) electrons. The molecule has 1 aliphatic heterocycles. The standard InChI is InChI=1S/C24H30FNO3S/c1-16(11-17-5-8-21(25)9-6-17)15-30-23-22(29-24(27)28)3-2-10-26(23)14-20-13-18-4-7-19(20)12-18/h2-3,5-6,8-9,16,18-20H,4,7,10-15H2,1H3,(H,27,28). The monoisotopic (exact) mass is 431 g/mol. The van der Waals surface area contributed by atoms with Crippen molar-refractivity contribution in [2.24, 2.45) is 23.7 Å². The van der Waals surface area contributed by atoms with Gasteiger partial charge in [-0.1, -0.05) is 31.6 Å². The Morgan fingerprint density at radius 1 is 1.30 bits per heavy atom. The van der Waals surface area contributed by atoms with E-state index in [1.165, 1.54) is 37.8 Å². The first kappa shape index (κ1) is 21.3. The maximum absolute atomic E-state index is 13.1. The van der Waals surface area contributed by atoms with Gasteiger partial charge in [0.25, 0.3) is 0 Å². The summed E-state index contributed by atoms with van der Waals surface area (Å²) in [5.41, 5.74) is 1.11. The van der Waals surface area contributed by atoms with Gasteiger partial charge in [-0.15, -0.1) is 11.8 Å². The summed E-state index contributed by atoms with van der Waals surface area (Å²) in [5.74, 6) is 3.87. The SMILES string of the molecule is CC(CSC1=C(OC(=O)O)C=CCN1CC1CC2CCC1C2)Cc1ccc(F)cc1. The largest absolute Gasteiger partial charge is 0.511 e. The van der Waals surface area contributed by atoms with Gasteiger partial charge in [-0.25, -0.2) is 9.18 Å². The number of hydrogen-bond donors (Lipinski definition) is 1. The van der Waals surface area contributed by atoms with E-state index in [-0.39, 0.29) is 5.82 Å². The van der Waals surface area contributed by atoms with Gasteiger partial charge in [-0.3, -0.25) is 0 Å². The number of hydrogen-bond acceptors (Lipinski definition) is 4. The predicted molar refractivity (Wildman–Crippen MR) is 118 cm³/mol. The fraction of sp³-hybridized carbons (Fsp3) is 0.542. The number of fused-ring (bicyclic) bond motifs is 2. The molecule has 1 aromatic carbocycles. The molecule has 0 saturated heterocycles. The van der Waals surface area contributed by atoms with Crippen LogP contribution in [0.2, 0.25) is 0 Å². The summed E-state index contributed by atoms with van der Waals surface area (Å²) in [6.45, 7) is 3.95. The first-order chi connectivity index (χ1) is 14.5. The Morgan fingerprint density at radius 3 is 2.77 bits per heavy atom. The molecule has 2 bridgehead atoms. The third-order valence-electron chi connectivity index (χ3n) is 6.63. The van der Waals surface area contributed by atoms with E-state index in [9.17, 15) is 14.3 Å². The molecule has 0 spiro atoms. The third-order valence-corrected chi connectivity index (χ3v) is 8.10. The van der Waals surface area contributed by atoms with Crippen molar-refractivity contribution in [2.75, 3.05) is 18.8 Å². The average Bonchev–Trinajstić information content (AvgIpc) is 3.32. The summed E-state index contributed by atoms with van der Waals surface area (Å²) < 4.78 is 18.3. The number of benzene rings is 1. The van der Waals surface area contributed by atoms with Gasteiger partial charge in [-0.05, 0) is 73.1 Å². The summed E-state index contributed by atoms with van der Waals surface area (Å²) in [4.78, 5) is 13.5. The molecule has 1 N–H and O–H groups in total. The molecule has 1 heterocycles. The Morgan fingerprint density at radius 2 is 2.10 bits per heavy atom. The normalized spacial score (nSPS) is 26.3. The summed E-state index contributed by atoms with van der Waals surface area (Å²) in [5, 5.41) is 10.1. The van der Waals surface area contributed by atoms with Gasteiger partial charge in [-0.2, -0.15) is 0 Å². The lowest BCUT2D eigenvalue weighted by molar-refractivity contribution is 0.118. The number of ether oxygens (including phenoxy) is 1. The minimum atomic E-state index is -1.27. The predicted octanol–water partition coefficient (Wildman–Crippen LogP) is 5.91. The molecular weight excluding hydrogens is 401 g/mol. The van der Waals surface area contributed by atoms with Crippen LogP contribution in [-0.4, -0.2) is 35.0 Å². The first-order valence-corrected chi connectivity index (χ1v) is 11.9. The van der Waals surface area contributed by atoms with Gasteiger partial charge in [0.1, 0.15) is 10.8 Å². The molecule has 162 valence electrons. The van der Waals surface area contributed by atoms with Crippen LogP contribution < -0.4 is 0 Å². The molecule has 4 nitrogen and oxygen atoms in total. The quantitative estimate of drug-likeness (QED) is 0.519. The molecule has 6 heteroatoms. The van der Waals surface area contributed by atoms with Crippen LogP contribution in [0.5, 0.6) is 0 Å². The van der Waals surface area contributed by atoms with Crippen LogP contribution in [-0.2, 0) is 11.2 Å². The minimum absolute atomic E-state index is 0.216. The molecule has 2 aliphatic carbocycles. The van der Waals surface area contributed by atoms with E-state index in [1.54, 1.807) is 17.8 Å². The number of halogens is 1. The third kappa shape index (κ3) is 5.20. The van der Waals surface area contributed by atoms with Gasteiger partial charge < -0.3 is 14.7 Å². The van der Waals surface area contributed by atoms with Crippen molar-refractivity contribution in [3.05, 3.63) is 58.6 Å². The second kappa shape index (κ2) is 9.46. The van der Waals surface area contributed by atoms with Gasteiger partial charge in [0, 0.05) is 18.8 Å². The number of rotatable bonds is 8. The molecule has 4 atom stereocenters. The number of thioether (sulfide) groups is 1. The summed E-state index contributed by atoms with van der Waals surface area (Å²) in [6.07, 6.45) is 8.78. The van der Waals surface area contributed by atoms with Gasteiger partial charge >= 0.3 is 6.16 Å². The smallest absolute Gasteiger partial charge is 0.449 e. The highest BCUT2D eigenvalue weighted by molar-refractivity contribution is 8.03. The van der Waals surface area contributed by atoms with Gasteiger partial charge in [0.05, 0.1) is 0 Å². The van der Waals surface area contributed by atoms with E-state index in [1.807, 2.05) is 18.2 Å². The van der Waals surface area contributed by atoms with E-state index in [2.05, 4.69) is 11.8 Å². The van der Waals surface area contributed by atoms with E-state index >= 15 is 0 Å². The lowest BCUT2D eigenvalue weighted by Gasteiger charge is -2.34. The van der Waals surface area contributed by atoms with Crippen LogP contribution >= 0.6 is 11.8 Å². The molecule has 0 aromatic heterocycles. The van der Waals surface area contributed by atoms with Crippen LogP contribution in [0, 0.1) is 29.5 Å². The highest BCUT2D eigenvalue weighted by Gasteiger charge is 2.40. The molecule has 2 fully saturated rings. The van der Waals surface area contributed by atoms with Crippen molar-refractivity contribution in [3.63, 3.8) is 0 Å². The molecule has 3 aliphatic rings. The molecule has 1 aromatic rings. The van der Waals surface area contributed by atoms with E-state index < -0.39 is 6.16 Å². The number of allylic oxidation sites excluding steroid dienone is 1. The van der Waals surface area contributed by atoms with Crippen molar-refractivity contribution >= 4 is 17.9 Å². The minimum Gasteiger partial charge on any atom is -0.449 e. The molecule has 0 amide bonds. The number of carbonyl (C=O) groups is 1. The Kier molecular flexibility index (Phi) is 6.71. The topological polar surface area (TPSA) is 49.8 Å². The Bertz CT molecular complexity index is 822. The number of nitrogens with zero attached hydrogens (tertiary/aromatic N) is 1. The fourth-order valence-electron chi connectivity index (χ4n) is 5.27. The summed E-state index contributed by atoms with van der Waals surface area (Å²) >= 11 is 1.68. The highest BCUT2D eigenvalue weighted by Crippen LogP contribution is 2.49. The van der Waals surface area contributed by atoms with E-state index in [0.29, 0.717) is 17.6 Å². The molecular formula is C24H30FNO3S.